The van der Waals surface area contributed by atoms with Crippen molar-refractivity contribution in [3.63, 3.8) is 0 Å². The van der Waals surface area contributed by atoms with Crippen LogP contribution in [0, 0.1) is 11.3 Å². The zero-order valence-electron chi connectivity index (χ0n) is 14.3. The molecule has 1 aliphatic heterocycles. The van der Waals surface area contributed by atoms with Gasteiger partial charge in [0, 0.05) is 5.39 Å². The lowest BCUT2D eigenvalue weighted by Crippen LogP contribution is -2.27. The molecule has 2 heterocycles. The maximum absolute atomic E-state index is 12.9. The molecule has 1 aliphatic rings. The van der Waals surface area contributed by atoms with E-state index in [4.69, 9.17) is 15.2 Å². The molecule has 0 amide bonds. The second kappa shape index (κ2) is 6.11. The Morgan fingerprint density at radius 3 is 2.81 bits per heavy atom. The Kier molecular flexibility index (Phi) is 3.74. The number of nitriles is 1. The number of methoxy groups -OCH3 is 1. The maximum atomic E-state index is 12.9. The Labute approximate surface area is 153 Å². The van der Waals surface area contributed by atoms with Crippen LogP contribution in [0.15, 0.2) is 58.7 Å². The van der Waals surface area contributed by atoms with E-state index in [0.717, 1.165) is 0 Å². The van der Waals surface area contributed by atoms with Gasteiger partial charge >= 0.3 is 0 Å². The summed E-state index contributed by atoms with van der Waals surface area (Å²) in [6.45, 7) is 0. The largest absolute Gasteiger partial charge is 0.504 e. The van der Waals surface area contributed by atoms with E-state index >= 15 is 0 Å². The molecule has 7 heteroatoms. The number of nitrogens with two attached hydrogens (primary N) is 1. The van der Waals surface area contributed by atoms with E-state index in [1.165, 1.54) is 13.2 Å². The van der Waals surface area contributed by atoms with E-state index in [9.17, 15) is 15.2 Å². The van der Waals surface area contributed by atoms with Crippen LogP contribution in [0.5, 0.6) is 17.2 Å². The van der Waals surface area contributed by atoms with Gasteiger partial charge in [-0.25, -0.2) is 0 Å². The molecule has 0 fully saturated rings. The van der Waals surface area contributed by atoms with Crippen molar-refractivity contribution in [1.82, 2.24) is 4.98 Å². The first-order valence-electron chi connectivity index (χ1n) is 8.14. The fourth-order valence-corrected chi connectivity index (χ4v) is 3.38. The number of pyridine rings is 1. The minimum absolute atomic E-state index is 0.0450. The van der Waals surface area contributed by atoms with Gasteiger partial charge in [0.25, 0.3) is 5.56 Å². The van der Waals surface area contributed by atoms with Crippen molar-refractivity contribution in [2.45, 2.75) is 5.92 Å². The molecule has 0 saturated heterocycles. The Hall–Kier alpha value is -3.92. The highest BCUT2D eigenvalue weighted by Gasteiger charge is 2.34. The summed E-state index contributed by atoms with van der Waals surface area (Å²) in [6.07, 6.45) is 0. The van der Waals surface area contributed by atoms with Gasteiger partial charge in [0.15, 0.2) is 11.5 Å². The number of allylic oxidation sites excluding steroid dienone is 1. The molecule has 0 aliphatic carbocycles. The van der Waals surface area contributed by atoms with Crippen molar-refractivity contribution in [2.24, 2.45) is 5.73 Å². The summed E-state index contributed by atoms with van der Waals surface area (Å²) >= 11 is 0. The van der Waals surface area contributed by atoms with Crippen LogP contribution in [0.3, 0.4) is 0 Å². The zero-order chi connectivity index (χ0) is 19.1. The fourth-order valence-electron chi connectivity index (χ4n) is 3.38. The maximum Gasteiger partial charge on any atom is 0.256 e. The van der Waals surface area contributed by atoms with Crippen molar-refractivity contribution in [1.29, 1.82) is 5.26 Å². The summed E-state index contributed by atoms with van der Waals surface area (Å²) in [5.41, 5.74) is 7.23. The normalized spacial score (nSPS) is 15.8. The predicted molar refractivity (Wildman–Crippen MR) is 98.5 cm³/mol. The minimum Gasteiger partial charge on any atom is -0.504 e. The molecule has 0 saturated carbocycles. The topological polar surface area (TPSA) is 121 Å². The number of hydrogen-bond donors (Lipinski definition) is 3. The van der Waals surface area contributed by atoms with Gasteiger partial charge < -0.3 is 25.3 Å². The number of aromatic hydroxyl groups is 1. The van der Waals surface area contributed by atoms with Gasteiger partial charge in [0.1, 0.15) is 17.4 Å². The molecule has 27 heavy (non-hydrogen) atoms. The second-order valence-electron chi connectivity index (χ2n) is 6.10. The number of aromatic amines is 1. The summed E-state index contributed by atoms with van der Waals surface area (Å²) in [6, 6.07) is 13.9. The van der Waals surface area contributed by atoms with Crippen LogP contribution in [0.1, 0.15) is 17.0 Å². The SMILES string of the molecule is COc1cc([C@@H]2C(C#N)=C(N)Oc3c2c(=O)[nH]c2ccccc32)ccc1O. The highest BCUT2D eigenvalue weighted by molar-refractivity contribution is 5.87. The van der Waals surface area contributed by atoms with Crippen molar-refractivity contribution in [2.75, 3.05) is 7.11 Å². The van der Waals surface area contributed by atoms with Crippen molar-refractivity contribution < 1.29 is 14.6 Å². The summed E-state index contributed by atoms with van der Waals surface area (Å²) < 4.78 is 10.9. The van der Waals surface area contributed by atoms with E-state index in [2.05, 4.69) is 4.98 Å². The molecular formula is C20H15N3O4. The number of nitrogens with zero attached hydrogens (tertiary/aromatic N) is 1. The molecule has 0 bridgehead atoms. The number of nitrogens with one attached hydrogen (secondary N) is 1. The van der Waals surface area contributed by atoms with E-state index < -0.39 is 5.92 Å². The number of phenolic OH excluding ortho intramolecular Hbond substituents is 1. The lowest BCUT2D eigenvalue weighted by atomic mass is 9.83. The van der Waals surface area contributed by atoms with Crippen LogP contribution >= 0.6 is 0 Å². The summed E-state index contributed by atoms with van der Waals surface area (Å²) in [7, 11) is 1.42. The fraction of sp³-hybridized carbons (Fsp3) is 0.100. The number of H-pyrrole nitrogens is 1. The van der Waals surface area contributed by atoms with Crippen LogP contribution in [-0.2, 0) is 0 Å². The van der Waals surface area contributed by atoms with Gasteiger partial charge in [-0.2, -0.15) is 5.26 Å². The average molecular weight is 361 g/mol. The number of ether oxygens (including phenoxy) is 2. The van der Waals surface area contributed by atoms with Crippen molar-refractivity contribution in [3.8, 4) is 23.3 Å². The average Bonchev–Trinajstić information content (AvgIpc) is 2.67. The molecule has 0 spiro atoms. The third-order valence-corrected chi connectivity index (χ3v) is 4.62. The highest BCUT2D eigenvalue weighted by Crippen LogP contribution is 2.44. The lowest BCUT2D eigenvalue weighted by Gasteiger charge is -2.26. The van der Waals surface area contributed by atoms with E-state index in [1.54, 1.807) is 24.3 Å². The summed E-state index contributed by atoms with van der Waals surface area (Å²) in [5, 5.41) is 20.2. The van der Waals surface area contributed by atoms with E-state index in [0.29, 0.717) is 22.2 Å². The van der Waals surface area contributed by atoms with E-state index in [-0.39, 0.29) is 34.1 Å². The van der Waals surface area contributed by atoms with Crippen molar-refractivity contribution >= 4 is 10.9 Å². The van der Waals surface area contributed by atoms with Gasteiger partial charge in [0.05, 0.1) is 24.1 Å². The molecule has 134 valence electrons. The number of hydrogen-bond acceptors (Lipinski definition) is 6. The van der Waals surface area contributed by atoms with Gasteiger partial charge in [-0.15, -0.1) is 0 Å². The Bertz CT molecular complexity index is 1200. The molecule has 4 rings (SSSR count). The van der Waals surface area contributed by atoms with E-state index in [1.807, 2.05) is 18.2 Å². The number of aromatic nitrogens is 1. The van der Waals surface area contributed by atoms with Crippen molar-refractivity contribution in [3.05, 3.63) is 75.4 Å². The molecule has 1 atom stereocenters. The van der Waals surface area contributed by atoms with Crippen LogP contribution in [0.25, 0.3) is 10.9 Å². The number of rotatable bonds is 2. The lowest BCUT2D eigenvalue weighted by molar-refractivity contribution is 0.372. The Morgan fingerprint density at radius 1 is 1.30 bits per heavy atom. The molecule has 3 aromatic rings. The number of para-hydroxylation sites is 1. The van der Waals surface area contributed by atoms with Gasteiger partial charge in [-0.3, -0.25) is 4.79 Å². The smallest absolute Gasteiger partial charge is 0.256 e. The number of fused-ring (bicyclic) bond motifs is 3. The Balaban J connectivity index is 2.06. The van der Waals surface area contributed by atoms with Gasteiger partial charge in [-0.05, 0) is 29.8 Å². The number of benzene rings is 2. The third-order valence-electron chi connectivity index (χ3n) is 4.62. The molecule has 4 N–H and O–H groups in total. The first kappa shape index (κ1) is 16.5. The van der Waals surface area contributed by atoms with Gasteiger partial charge in [-0.1, -0.05) is 18.2 Å². The van der Waals surface area contributed by atoms with Crippen LogP contribution in [0.4, 0.5) is 0 Å². The molecular weight excluding hydrogens is 346 g/mol. The number of phenols is 1. The quantitative estimate of drug-likeness (QED) is 0.645. The second-order valence-corrected chi connectivity index (χ2v) is 6.10. The zero-order valence-corrected chi connectivity index (χ0v) is 14.3. The predicted octanol–water partition coefficient (Wildman–Crippen LogP) is 2.46. The first-order chi connectivity index (χ1) is 13.0. The monoisotopic (exact) mass is 361 g/mol. The summed E-state index contributed by atoms with van der Waals surface area (Å²) in [4.78, 5) is 15.7. The standard InChI is InChI=1S/C20H15N3O4/c1-26-15-8-10(6-7-14(15)24)16-12(9-21)19(22)27-18-11-4-2-3-5-13(11)23-20(25)17(16)18/h2-8,16,24H,22H2,1H3,(H,23,25)/t16-/m1/s1. The van der Waals surface area contributed by atoms with Crippen LogP contribution < -0.4 is 20.8 Å². The summed E-state index contributed by atoms with van der Waals surface area (Å²) in [5.74, 6) is -0.299. The molecule has 0 radical (unpaired) electrons. The van der Waals surface area contributed by atoms with Gasteiger partial charge in [0.2, 0.25) is 5.88 Å². The molecule has 1 aromatic heterocycles. The minimum atomic E-state index is -0.749. The first-order valence-corrected chi connectivity index (χ1v) is 8.14. The Morgan fingerprint density at radius 2 is 2.07 bits per heavy atom. The van der Waals surface area contributed by atoms with Crippen LogP contribution in [0.2, 0.25) is 0 Å². The van der Waals surface area contributed by atoms with Crippen LogP contribution in [-0.4, -0.2) is 17.2 Å². The molecule has 2 aromatic carbocycles. The third kappa shape index (κ3) is 2.47. The molecule has 7 nitrogen and oxygen atoms in total. The molecule has 0 unspecified atom stereocenters. The highest BCUT2D eigenvalue weighted by atomic mass is 16.5.